The highest BCUT2D eigenvalue weighted by molar-refractivity contribution is 5.97. The molecule has 1 atom stereocenters. The van der Waals surface area contributed by atoms with Crippen molar-refractivity contribution in [3.8, 4) is 0 Å². The molecule has 3 amide bonds. The van der Waals surface area contributed by atoms with Crippen molar-refractivity contribution in [3.05, 3.63) is 30.3 Å². The highest BCUT2D eigenvalue weighted by atomic mass is 16.2. The van der Waals surface area contributed by atoms with E-state index in [4.69, 9.17) is 0 Å². The number of nitrogens with one attached hydrogen (secondary N) is 4. The van der Waals surface area contributed by atoms with Crippen molar-refractivity contribution in [2.75, 3.05) is 25.0 Å². The van der Waals surface area contributed by atoms with E-state index in [1.54, 1.807) is 4.90 Å². The van der Waals surface area contributed by atoms with Gasteiger partial charge >= 0.3 is 6.03 Å². The summed E-state index contributed by atoms with van der Waals surface area (Å²) in [5.41, 5.74) is 6.70. The molecule has 2 heterocycles. The Bertz CT molecular complexity index is 530. The molecule has 7 heteroatoms. The lowest BCUT2D eigenvalue weighted by Crippen LogP contribution is -2.51. The molecule has 118 valence electrons. The van der Waals surface area contributed by atoms with Gasteiger partial charge in [0, 0.05) is 25.3 Å². The second kappa shape index (κ2) is 6.76. The lowest BCUT2D eigenvalue weighted by Gasteiger charge is -2.25. The first-order chi connectivity index (χ1) is 10.7. The molecular formula is C15H21N5O2. The number of hydrogen-bond donors (Lipinski definition) is 4. The average Bonchev–Trinajstić information content (AvgIpc) is 3.19. The van der Waals surface area contributed by atoms with E-state index in [0.717, 1.165) is 12.1 Å². The quantitative estimate of drug-likeness (QED) is 0.646. The number of nitrogens with zero attached hydrogens (tertiary/aromatic N) is 1. The van der Waals surface area contributed by atoms with Gasteiger partial charge in [0.05, 0.1) is 6.04 Å². The molecule has 2 fully saturated rings. The fourth-order valence-corrected chi connectivity index (χ4v) is 2.85. The van der Waals surface area contributed by atoms with Crippen molar-refractivity contribution in [2.45, 2.75) is 24.9 Å². The highest BCUT2D eigenvalue weighted by Crippen LogP contribution is 2.19. The molecule has 2 aliphatic heterocycles. The molecule has 1 aromatic carbocycles. The van der Waals surface area contributed by atoms with Crippen LogP contribution in [0.5, 0.6) is 0 Å². The number of likely N-dealkylation sites (tertiary alicyclic amines) is 1. The Hall–Kier alpha value is -2.12. The molecule has 1 aromatic rings. The van der Waals surface area contributed by atoms with Crippen LogP contribution in [0.1, 0.15) is 12.8 Å². The third-order valence-electron chi connectivity index (χ3n) is 4.01. The number of urea groups is 1. The molecule has 2 aliphatic rings. The van der Waals surface area contributed by atoms with E-state index in [9.17, 15) is 9.59 Å². The highest BCUT2D eigenvalue weighted by Gasteiger charge is 2.35. The number of carbonyl (C=O) groups excluding carboxylic acids is 2. The van der Waals surface area contributed by atoms with E-state index in [1.807, 2.05) is 30.3 Å². The van der Waals surface area contributed by atoms with E-state index in [1.165, 1.54) is 0 Å². The lowest BCUT2D eigenvalue weighted by molar-refractivity contribution is -0.119. The van der Waals surface area contributed by atoms with Crippen LogP contribution in [-0.4, -0.2) is 48.6 Å². The summed E-state index contributed by atoms with van der Waals surface area (Å²) >= 11 is 0. The second-order valence-electron chi connectivity index (χ2n) is 5.61. The second-order valence-corrected chi connectivity index (χ2v) is 5.61. The van der Waals surface area contributed by atoms with Crippen LogP contribution in [0.2, 0.25) is 0 Å². The van der Waals surface area contributed by atoms with Crippen LogP contribution in [0.3, 0.4) is 0 Å². The van der Waals surface area contributed by atoms with Crippen molar-refractivity contribution < 1.29 is 9.59 Å². The van der Waals surface area contributed by atoms with Crippen LogP contribution >= 0.6 is 0 Å². The Morgan fingerprint density at radius 2 is 1.86 bits per heavy atom. The van der Waals surface area contributed by atoms with Crippen molar-refractivity contribution in [1.82, 2.24) is 21.1 Å². The van der Waals surface area contributed by atoms with Gasteiger partial charge in [-0.25, -0.2) is 4.79 Å². The monoisotopic (exact) mass is 303 g/mol. The van der Waals surface area contributed by atoms with E-state index in [-0.39, 0.29) is 18.0 Å². The Morgan fingerprint density at radius 1 is 1.14 bits per heavy atom. The van der Waals surface area contributed by atoms with Gasteiger partial charge < -0.3 is 15.5 Å². The zero-order valence-electron chi connectivity index (χ0n) is 12.3. The fourth-order valence-electron chi connectivity index (χ4n) is 2.85. The van der Waals surface area contributed by atoms with Crippen molar-refractivity contribution in [1.29, 1.82) is 0 Å². The van der Waals surface area contributed by atoms with Crippen LogP contribution in [0, 0.1) is 0 Å². The Kier molecular flexibility index (Phi) is 4.55. The minimum atomic E-state index is -0.400. The molecule has 22 heavy (non-hydrogen) atoms. The first-order valence-corrected chi connectivity index (χ1v) is 7.63. The van der Waals surface area contributed by atoms with Gasteiger partial charge in [0.25, 0.3) is 0 Å². The van der Waals surface area contributed by atoms with Gasteiger partial charge in [0.1, 0.15) is 6.04 Å². The molecule has 0 saturated carbocycles. The molecule has 0 aliphatic carbocycles. The molecule has 3 rings (SSSR count). The number of rotatable bonds is 3. The smallest absolute Gasteiger partial charge is 0.318 e. The van der Waals surface area contributed by atoms with E-state index < -0.39 is 6.04 Å². The van der Waals surface area contributed by atoms with Gasteiger partial charge in [-0.2, -0.15) is 0 Å². The molecule has 0 aromatic heterocycles. The van der Waals surface area contributed by atoms with Gasteiger partial charge in [-0.15, -0.1) is 0 Å². The van der Waals surface area contributed by atoms with Crippen molar-refractivity contribution >= 4 is 17.6 Å². The maximum absolute atomic E-state index is 12.4. The number of hydrazine groups is 1. The minimum Gasteiger partial charge on any atom is -0.333 e. The van der Waals surface area contributed by atoms with Gasteiger partial charge in [-0.05, 0) is 25.0 Å². The summed E-state index contributed by atoms with van der Waals surface area (Å²) in [5.74, 6) is -0.124. The van der Waals surface area contributed by atoms with Gasteiger partial charge in [0.15, 0.2) is 0 Å². The Labute approximate surface area is 129 Å². The van der Waals surface area contributed by atoms with E-state index in [0.29, 0.717) is 26.1 Å². The molecule has 0 radical (unpaired) electrons. The first-order valence-electron chi connectivity index (χ1n) is 7.63. The molecule has 4 N–H and O–H groups in total. The number of anilines is 1. The van der Waals surface area contributed by atoms with Crippen LogP contribution in [-0.2, 0) is 4.79 Å². The van der Waals surface area contributed by atoms with E-state index >= 15 is 0 Å². The van der Waals surface area contributed by atoms with Crippen LogP contribution in [0.15, 0.2) is 30.3 Å². The maximum Gasteiger partial charge on any atom is 0.318 e. The average molecular weight is 303 g/mol. The molecule has 0 spiro atoms. The van der Waals surface area contributed by atoms with Crippen LogP contribution < -0.4 is 21.5 Å². The first kappa shape index (κ1) is 14.8. The Morgan fingerprint density at radius 3 is 2.59 bits per heavy atom. The lowest BCUT2D eigenvalue weighted by atomic mass is 10.2. The molecular weight excluding hydrogens is 282 g/mol. The standard InChI is InChI=1S/C15H21N5O2/c21-14(18-11-5-2-1-3-6-11)13-7-4-8-20(13)15(22)19-12-9-16-17-10-12/h1-3,5-6,12-13,16-17H,4,7-10H2,(H,18,21)(H,19,22). The molecule has 7 nitrogen and oxygen atoms in total. The zero-order chi connectivity index (χ0) is 15.4. The minimum absolute atomic E-state index is 0.0611. The fraction of sp³-hybridized carbons (Fsp3) is 0.467. The predicted octanol–water partition coefficient (Wildman–Crippen LogP) is 0.276. The van der Waals surface area contributed by atoms with Crippen LogP contribution in [0.4, 0.5) is 10.5 Å². The predicted molar refractivity (Wildman–Crippen MR) is 83.1 cm³/mol. The van der Waals surface area contributed by atoms with Crippen molar-refractivity contribution in [3.63, 3.8) is 0 Å². The van der Waals surface area contributed by atoms with Crippen LogP contribution in [0.25, 0.3) is 0 Å². The summed E-state index contributed by atoms with van der Waals surface area (Å²) in [7, 11) is 0. The van der Waals surface area contributed by atoms with Gasteiger partial charge in [-0.3, -0.25) is 15.6 Å². The zero-order valence-corrected chi connectivity index (χ0v) is 12.3. The summed E-state index contributed by atoms with van der Waals surface area (Å²) in [6.45, 7) is 2.01. The number of benzene rings is 1. The topological polar surface area (TPSA) is 85.5 Å². The summed E-state index contributed by atoms with van der Waals surface area (Å²) in [6.07, 6.45) is 1.55. The SMILES string of the molecule is O=C(Nc1ccccc1)C1CCCN1C(=O)NC1CNNC1. The van der Waals surface area contributed by atoms with E-state index in [2.05, 4.69) is 21.5 Å². The summed E-state index contributed by atoms with van der Waals surface area (Å²) < 4.78 is 0. The molecule has 1 unspecified atom stereocenters. The number of amides is 3. The normalized spacial score (nSPS) is 21.8. The summed E-state index contributed by atoms with van der Waals surface area (Å²) in [4.78, 5) is 26.4. The summed E-state index contributed by atoms with van der Waals surface area (Å²) in [5, 5.41) is 5.83. The van der Waals surface area contributed by atoms with Gasteiger partial charge in [-0.1, -0.05) is 18.2 Å². The Balaban J connectivity index is 1.59. The van der Waals surface area contributed by atoms with Gasteiger partial charge in [0.2, 0.25) is 5.91 Å². The molecule has 0 bridgehead atoms. The molecule has 2 saturated heterocycles. The third kappa shape index (κ3) is 3.37. The maximum atomic E-state index is 12.4. The third-order valence-corrected chi connectivity index (χ3v) is 4.01. The largest absolute Gasteiger partial charge is 0.333 e. The number of carbonyl (C=O) groups is 2. The van der Waals surface area contributed by atoms with Crippen molar-refractivity contribution in [2.24, 2.45) is 0 Å². The number of hydrogen-bond acceptors (Lipinski definition) is 4. The number of para-hydroxylation sites is 1. The summed E-state index contributed by atoms with van der Waals surface area (Å²) in [6, 6.07) is 8.81.